The smallest absolute Gasteiger partial charge is 0.137 e. The van der Waals surface area contributed by atoms with Crippen LogP contribution in [0, 0.1) is 18.0 Å². The minimum Gasteiger partial charge on any atom is -0.137 e. The zero-order chi connectivity index (χ0) is 20.7. The first-order valence-electron chi connectivity index (χ1n) is 10.6. The fourth-order valence-electron chi connectivity index (χ4n) is 4.57. The van der Waals surface area contributed by atoms with Crippen molar-refractivity contribution in [3.05, 3.63) is 71.4 Å². The molecule has 2 heteroatoms. The summed E-state index contributed by atoms with van der Waals surface area (Å²) in [7, 11) is -3.24. The molecule has 1 atom stereocenters. The van der Waals surface area contributed by atoms with Crippen LogP contribution in [0.4, 0.5) is 0 Å². The Balaban J connectivity index is 2.53. The zero-order valence-corrected chi connectivity index (χ0v) is 20.8. The van der Waals surface area contributed by atoms with Gasteiger partial charge < -0.3 is 0 Å². The second kappa shape index (κ2) is 10.1. The van der Waals surface area contributed by atoms with Crippen LogP contribution >= 0.6 is 0 Å². The molecule has 0 radical (unpaired) electrons. The molecular formula is C26H36Si2. The lowest BCUT2D eigenvalue weighted by Gasteiger charge is -2.38. The van der Waals surface area contributed by atoms with Gasteiger partial charge in [-0.3, -0.25) is 0 Å². The van der Waals surface area contributed by atoms with E-state index in [9.17, 15) is 0 Å². The van der Waals surface area contributed by atoms with Gasteiger partial charge in [0.05, 0.1) is 0 Å². The molecule has 0 saturated carbocycles. The molecule has 2 rings (SSSR count). The molecule has 0 aromatic heterocycles. The highest BCUT2D eigenvalue weighted by atomic mass is 28.3. The van der Waals surface area contributed by atoms with Crippen LogP contribution in [0.5, 0.6) is 0 Å². The third-order valence-electron chi connectivity index (χ3n) is 6.11. The Hall–Kier alpha value is -1.83. The van der Waals surface area contributed by atoms with Gasteiger partial charge in [-0.1, -0.05) is 113 Å². The van der Waals surface area contributed by atoms with E-state index in [1.165, 1.54) is 16.3 Å². The van der Waals surface area contributed by atoms with Crippen LogP contribution in [0.25, 0.3) is 6.08 Å². The van der Waals surface area contributed by atoms with Crippen LogP contribution in [-0.4, -0.2) is 16.9 Å². The van der Waals surface area contributed by atoms with E-state index in [-0.39, 0.29) is 0 Å². The maximum atomic E-state index is 3.99. The highest BCUT2D eigenvalue weighted by molar-refractivity contribution is 6.93. The van der Waals surface area contributed by atoms with E-state index >= 15 is 0 Å². The molecule has 0 amide bonds. The van der Waals surface area contributed by atoms with Crippen molar-refractivity contribution in [2.75, 3.05) is 0 Å². The highest BCUT2D eigenvalue weighted by Gasteiger charge is 2.41. The average Bonchev–Trinajstić information content (AvgIpc) is 2.65. The molecule has 148 valence electrons. The largest absolute Gasteiger partial charge is 0.176 e. The molecule has 0 saturated heterocycles. The first kappa shape index (κ1) is 22.5. The lowest BCUT2D eigenvalue weighted by atomic mass is 10.2. The van der Waals surface area contributed by atoms with Crippen molar-refractivity contribution < 1.29 is 0 Å². The Labute approximate surface area is 175 Å². The molecular weight excluding hydrogens is 368 g/mol. The lowest BCUT2D eigenvalue weighted by Crippen LogP contribution is -2.44. The molecule has 1 unspecified atom stereocenters. The van der Waals surface area contributed by atoms with Crippen LogP contribution in [0.15, 0.2) is 60.3 Å². The number of benzene rings is 2. The Morgan fingerprint density at radius 3 is 1.86 bits per heavy atom. The summed E-state index contributed by atoms with van der Waals surface area (Å²) in [4.78, 5) is 0. The molecule has 0 fully saturated rings. The van der Waals surface area contributed by atoms with Gasteiger partial charge in [0.1, 0.15) is 8.07 Å². The lowest BCUT2D eigenvalue weighted by molar-refractivity contribution is 0.838. The van der Waals surface area contributed by atoms with Crippen LogP contribution in [0.1, 0.15) is 52.7 Å². The molecule has 2 aromatic carbocycles. The van der Waals surface area contributed by atoms with Gasteiger partial charge in [0.2, 0.25) is 0 Å². The van der Waals surface area contributed by atoms with Crippen molar-refractivity contribution in [1.82, 2.24) is 0 Å². The highest BCUT2D eigenvalue weighted by Crippen LogP contribution is 2.40. The molecule has 0 bridgehead atoms. The fourth-order valence-corrected chi connectivity index (χ4v) is 12.8. The SMILES string of the molecule is Cc1ccccc1[SiH](C#C[Si](C(C)C)(C(C)C)C(C)C)C=Cc1ccccc1. The van der Waals surface area contributed by atoms with E-state index < -0.39 is 16.9 Å². The first-order chi connectivity index (χ1) is 13.3. The van der Waals surface area contributed by atoms with Crippen molar-refractivity contribution in [3.63, 3.8) is 0 Å². The minimum absolute atomic E-state index is 0.671. The van der Waals surface area contributed by atoms with Crippen molar-refractivity contribution in [3.8, 4) is 11.1 Å². The summed E-state index contributed by atoms with van der Waals surface area (Å²) < 4.78 is 0. The topological polar surface area (TPSA) is 0 Å². The number of aryl methyl sites for hydroxylation is 1. The summed E-state index contributed by atoms with van der Waals surface area (Å²) in [6, 6.07) is 19.4. The van der Waals surface area contributed by atoms with E-state index in [0.717, 1.165) is 0 Å². The van der Waals surface area contributed by atoms with Gasteiger partial charge in [0.15, 0.2) is 8.80 Å². The van der Waals surface area contributed by atoms with Gasteiger partial charge >= 0.3 is 0 Å². The van der Waals surface area contributed by atoms with Gasteiger partial charge in [0.25, 0.3) is 0 Å². The summed E-state index contributed by atoms with van der Waals surface area (Å²) in [6.07, 6.45) is 2.28. The van der Waals surface area contributed by atoms with Crippen LogP contribution in [0.2, 0.25) is 16.6 Å². The molecule has 0 heterocycles. The predicted octanol–water partition coefficient (Wildman–Crippen LogP) is 6.44. The molecule has 2 aromatic rings. The van der Waals surface area contributed by atoms with Gasteiger partial charge in [-0.2, -0.15) is 0 Å². The Morgan fingerprint density at radius 1 is 0.786 bits per heavy atom. The summed E-state index contributed by atoms with van der Waals surface area (Å²) in [5.74, 6) is 0. The molecule has 0 nitrogen and oxygen atoms in total. The van der Waals surface area contributed by atoms with Crippen LogP contribution in [-0.2, 0) is 0 Å². The van der Waals surface area contributed by atoms with E-state index in [2.05, 4.69) is 126 Å². The standard InChI is InChI=1S/C26H36Si2/c1-21(2)28(22(3)4,23(5)6)20-19-27(26-16-12-11-13-24(26)7)18-17-25-14-9-8-10-15-25/h8-18,21-23,27H,1-7H3. The summed E-state index contributed by atoms with van der Waals surface area (Å²) in [5.41, 5.74) is 15.0. The second-order valence-electron chi connectivity index (χ2n) is 8.77. The maximum Gasteiger partial charge on any atom is 0.176 e. The van der Waals surface area contributed by atoms with E-state index in [4.69, 9.17) is 0 Å². The normalized spacial score (nSPS) is 13.2. The zero-order valence-electron chi connectivity index (χ0n) is 18.7. The van der Waals surface area contributed by atoms with E-state index in [1.54, 1.807) is 0 Å². The molecule has 0 aliphatic carbocycles. The van der Waals surface area contributed by atoms with Crippen molar-refractivity contribution >= 4 is 28.1 Å². The summed E-state index contributed by atoms with van der Waals surface area (Å²) in [6.45, 7) is 16.6. The summed E-state index contributed by atoms with van der Waals surface area (Å²) >= 11 is 0. The van der Waals surface area contributed by atoms with Crippen LogP contribution in [0.3, 0.4) is 0 Å². The Morgan fingerprint density at radius 2 is 1.32 bits per heavy atom. The van der Waals surface area contributed by atoms with E-state index in [1.807, 2.05) is 0 Å². The van der Waals surface area contributed by atoms with Gasteiger partial charge in [-0.15, -0.1) is 11.1 Å². The van der Waals surface area contributed by atoms with Crippen molar-refractivity contribution in [2.45, 2.75) is 65.1 Å². The van der Waals surface area contributed by atoms with Crippen molar-refractivity contribution in [2.24, 2.45) is 0 Å². The number of hydrogen-bond donors (Lipinski definition) is 0. The number of rotatable bonds is 6. The predicted molar refractivity (Wildman–Crippen MR) is 132 cm³/mol. The summed E-state index contributed by atoms with van der Waals surface area (Å²) in [5, 5.41) is 1.46. The first-order valence-corrected chi connectivity index (χ1v) is 14.7. The molecule has 0 aliphatic rings. The van der Waals surface area contributed by atoms with Crippen LogP contribution < -0.4 is 5.19 Å². The second-order valence-corrected chi connectivity index (χ2v) is 16.6. The van der Waals surface area contributed by atoms with E-state index in [0.29, 0.717) is 16.6 Å². The maximum absolute atomic E-state index is 3.99. The average molecular weight is 405 g/mol. The third kappa shape index (κ3) is 5.16. The molecule has 0 aliphatic heterocycles. The minimum atomic E-state index is -1.71. The fraction of sp³-hybridized carbons (Fsp3) is 0.385. The Kier molecular flexibility index (Phi) is 8.10. The van der Waals surface area contributed by atoms with Gasteiger partial charge in [-0.05, 0) is 34.3 Å². The molecule has 28 heavy (non-hydrogen) atoms. The molecule has 0 spiro atoms. The van der Waals surface area contributed by atoms with Gasteiger partial charge in [-0.25, -0.2) is 0 Å². The monoisotopic (exact) mass is 404 g/mol. The number of hydrogen-bond acceptors (Lipinski definition) is 0. The third-order valence-corrected chi connectivity index (χ3v) is 15.1. The molecule has 0 N–H and O–H groups in total. The van der Waals surface area contributed by atoms with Crippen molar-refractivity contribution in [1.29, 1.82) is 0 Å². The quantitative estimate of drug-likeness (QED) is 0.384. The Bertz CT molecular complexity index is 814. The van der Waals surface area contributed by atoms with Gasteiger partial charge in [0, 0.05) is 0 Å².